The van der Waals surface area contributed by atoms with Gasteiger partial charge in [0.05, 0.1) is 12.0 Å². The molecule has 0 aromatic heterocycles. The number of carboxylic acid groups (broad SMARTS) is 2. The molecule has 0 aromatic rings. The van der Waals surface area contributed by atoms with Crippen LogP contribution in [0.4, 0.5) is 0 Å². The van der Waals surface area contributed by atoms with E-state index in [-0.39, 0.29) is 6.42 Å². The van der Waals surface area contributed by atoms with Crippen LogP contribution in [0.5, 0.6) is 0 Å². The van der Waals surface area contributed by atoms with Crippen LogP contribution >= 0.6 is 0 Å². The Hall–Kier alpha value is -1.10. The number of hydrogen-bond donors (Lipinski definition) is 3. The van der Waals surface area contributed by atoms with Gasteiger partial charge in [0.25, 0.3) is 0 Å². The van der Waals surface area contributed by atoms with E-state index in [0.717, 1.165) is 0 Å². The summed E-state index contributed by atoms with van der Waals surface area (Å²) in [5, 5.41) is 27.7. The Kier molecular flexibility index (Phi) is 3.34. The lowest BCUT2D eigenvalue weighted by Gasteiger charge is -2.40. The van der Waals surface area contributed by atoms with Gasteiger partial charge in [-0.05, 0) is 19.8 Å². The molecule has 5 nitrogen and oxygen atoms in total. The van der Waals surface area contributed by atoms with Crippen molar-refractivity contribution in [2.75, 3.05) is 0 Å². The van der Waals surface area contributed by atoms with E-state index < -0.39 is 29.4 Å². The molecule has 0 amide bonds. The van der Waals surface area contributed by atoms with E-state index >= 15 is 0 Å². The number of carboxylic acids is 2. The van der Waals surface area contributed by atoms with E-state index in [0.29, 0.717) is 19.3 Å². The average molecular weight is 216 g/mol. The maximum absolute atomic E-state index is 11.2. The molecule has 15 heavy (non-hydrogen) atoms. The third-order valence-electron chi connectivity index (χ3n) is 3.40. The number of aliphatic hydroxyl groups is 1. The minimum Gasteiger partial charge on any atom is -0.481 e. The minimum absolute atomic E-state index is 0.233. The van der Waals surface area contributed by atoms with Crippen molar-refractivity contribution in [3.63, 3.8) is 0 Å². The first-order chi connectivity index (χ1) is 6.93. The molecule has 1 aliphatic carbocycles. The predicted octanol–water partition coefficient (Wildman–Crippen LogP) is 0.713. The van der Waals surface area contributed by atoms with Gasteiger partial charge in [0, 0.05) is 0 Å². The van der Waals surface area contributed by atoms with Crippen molar-refractivity contribution in [3.8, 4) is 0 Å². The van der Waals surface area contributed by atoms with Gasteiger partial charge in [-0.25, -0.2) is 0 Å². The molecule has 1 rings (SSSR count). The van der Waals surface area contributed by atoms with Gasteiger partial charge in [0.2, 0.25) is 0 Å². The fourth-order valence-corrected chi connectivity index (χ4v) is 2.48. The van der Waals surface area contributed by atoms with Crippen LogP contribution in [0.25, 0.3) is 0 Å². The van der Waals surface area contributed by atoms with Gasteiger partial charge in [0.15, 0.2) is 0 Å². The van der Waals surface area contributed by atoms with Gasteiger partial charge in [0.1, 0.15) is 5.41 Å². The average Bonchev–Trinajstić information content (AvgIpc) is 2.16. The van der Waals surface area contributed by atoms with E-state index in [1.165, 1.54) is 6.92 Å². The fourth-order valence-electron chi connectivity index (χ4n) is 2.48. The summed E-state index contributed by atoms with van der Waals surface area (Å²) in [5.74, 6) is -3.31. The molecule has 0 aromatic carbocycles. The molecule has 5 heteroatoms. The molecule has 0 heterocycles. The van der Waals surface area contributed by atoms with E-state index in [9.17, 15) is 14.7 Å². The van der Waals surface area contributed by atoms with Gasteiger partial charge in [-0.15, -0.1) is 0 Å². The van der Waals surface area contributed by atoms with Crippen molar-refractivity contribution < 1.29 is 24.9 Å². The fraction of sp³-hybridized carbons (Fsp3) is 0.800. The molecule has 3 unspecified atom stereocenters. The van der Waals surface area contributed by atoms with Gasteiger partial charge in [-0.3, -0.25) is 9.59 Å². The molecule has 1 saturated carbocycles. The lowest BCUT2D eigenvalue weighted by Crippen LogP contribution is -2.51. The highest BCUT2D eigenvalue weighted by Crippen LogP contribution is 2.44. The van der Waals surface area contributed by atoms with Gasteiger partial charge < -0.3 is 15.3 Å². The van der Waals surface area contributed by atoms with Crippen LogP contribution in [0.2, 0.25) is 0 Å². The number of aliphatic carboxylic acids is 2. The van der Waals surface area contributed by atoms with Crippen molar-refractivity contribution in [2.45, 2.75) is 38.7 Å². The van der Waals surface area contributed by atoms with E-state index in [1.807, 2.05) is 0 Å². The Morgan fingerprint density at radius 2 is 1.93 bits per heavy atom. The zero-order valence-electron chi connectivity index (χ0n) is 8.64. The number of rotatable bonds is 3. The standard InChI is InChI=1S/C10H16O5/c1-6(11)10(9(14)15)5-3-2-4-7(10)8(12)13/h6-7,11H,2-5H2,1H3,(H,12,13)(H,14,15). The highest BCUT2D eigenvalue weighted by Gasteiger charge is 2.54. The summed E-state index contributed by atoms with van der Waals surface area (Å²) in [6, 6.07) is 0. The lowest BCUT2D eigenvalue weighted by atomic mass is 9.63. The van der Waals surface area contributed by atoms with Crippen LogP contribution in [-0.2, 0) is 9.59 Å². The Balaban J connectivity index is 3.10. The van der Waals surface area contributed by atoms with Crippen LogP contribution in [-0.4, -0.2) is 33.4 Å². The monoisotopic (exact) mass is 216 g/mol. The zero-order valence-corrected chi connectivity index (χ0v) is 8.64. The van der Waals surface area contributed by atoms with Gasteiger partial charge in [-0.2, -0.15) is 0 Å². The van der Waals surface area contributed by atoms with Gasteiger partial charge in [-0.1, -0.05) is 12.8 Å². The number of hydrogen-bond acceptors (Lipinski definition) is 3. The zero-order chi connectivity index (χ0) is 11.6. The number of aliphatic hydroxyl groups excluding tert-OH is 1. The Morgan fingerprint density at radius 3 is 2.27 bits per heavy atom. The van der Waals surface area contributed by atoms with E-state index in [2.05, 4.69) is 0 Å². The molecule has 0 spiro atoms. The second-order valence-corrected chi connectivity index (χ2v) is 4.16. The topological polar surface area (TPSA) is 94.8 Å². The maximum atomic E-state index is 11.2. The van der Waals surface area contributed by atoms with Crippen molar-refractivity contribution in [3.05, 3.63) is 0 Å². The number of carbonyl (C=O) groups is 2. The molecular weight excluding hydrogens is 200 g/mol. The Bertz CT molecular complexity index is 273. The maximum Gasteiger partial charge on any atom is 0.313 e. The van der Waals surface area contributed by atoms with Crippen LogP contribution in [0, 0.1) is 11.3 Å². The summed E-state index contributed by atoms with van der Waals surface area (Å²) in [6.45, 7) is 1.36. The second kappa shape index (κ2) is 4.18. The SMILES string of the molecule is CC(O)C1(C(=O)O)CCCCC1C(=O)O. The first-order valence-corrected chi connectivity index (χ1v) is 5.07. The highest BCUT2D eigenvalue weighted by molar-refractivity contribution is 5.84. The Morgan fingerprint density at radius 1 is 1.33 bits per heavy atom. The molecule has 0 aliphatic heterocycles. The summed E-state index contributed by atoms with van der Waals surface area (Å²) < 4.78 is 0. The van der Waals surface area contributed by atoms with Crippen molar-refractivity contribution in [2.24, 2.45) is 11.3 Å². The minimum atomic E-state index is -1.51. The smallest absolute Gasteiger partial charge is 0.313 e. The molecule has 3 N–H and O–H groups in total. The van der Waals surface area contributed by atoms with Crippen LogP contribution in [0.3, 0.4) is 0 Å². The Labute approximate surface area is 87.7 Å². The molecule has 86 valence electrons. The first kappa shape index (κ1) is 12.0. The molecule has 1 fully saturated rings. The largest absolute Gasteiger partial charge is 0.481 e. The summed E-state index contributed by atoms with van der Waals surface area (Å²) in [7, 11) is 0. The van der Waals surface area contributed by atoms with Gasteiger partial charge >= 0.3 is 11.9 Å². The third kappa shape index (κ3) is 1.84. The second-order valence-electron chi connectivity index (χ2n) is 4.16. The molecule has 0 bridgehead atoms. The van der Waals surface area contributed by atoms with E-state index in [4.69, 9.17) is 10.2 Å². The molecule has 0 saturated heterocycles. The van der Waals surface area contributed by atoms with Crippen LogP contribution in [0.15, 0.2) is 0 Å². The normalized spacial score (nSPS) is 33.3. The highest BCUT2D eigenvalue weighted by atomic mass is 16.4. The quantitative estimate of drug-likeness (QED) is 0.646. The molecule has 0 radical (unpaired) electrons. The summed E-state index contributed by atoms with van der Waals surface area (Å²) in [5.41, 5.74) is -1.51. The van der Waals surface area contributed by atoms with Crippen LogP contribution < -0.4 is 0 Å². The predicted molar refractivity (Wildman–Crippen MR) is 51.3 cm³/mol. The summed E-state index contributed by atoms with van der Waals surface area (Å²) in [6.07, 6.45) is 0.778. The van der Waals surface area contributed by atoms with Crippen molar-refractivity contribution in [1.82, 2.24) is 0 Å². The lowest BCUT2D eigenvalue weighted by molar-refractivity contribution is -0.175. The van der Waals surface area contributed by atoms with Crippen molar-refractivity contribution in [1.29, 1.82) is 0 Å². The molecule has 1 aliphatic rings. The first-order valence-electron chi connectivity index (χ1n) is 5.07. The van der Waals surface area contributed by atoms with Crippen molar-refractivity contribution >= 4 is 11.9 Å². The summed E-state index contributed by atoms with van der Waals surface area (Å²) in [4.78, 5) is 22.2. The van der Waals surface area contributed by atoms with E-state index in [1.54, 1.807) is 0 Å². The summed E-state index contributed by atoms with van der Waals surface area (Å²) >= 11 is 0. The molecular formula is C10H16O5. The third-order valence-corrected chi connectivity index (χ3v) is 3.40. The van der Waals surface area contributed by atoms with Crippen LogP contribution in [0.1, 0.15) is 32.6 Å². The molecule has 3 atom stereocenters.